The van der Waals surface area contributed by atoms with Crippen LogP contribution in [0.2, 0.25) is 0 Å². The second-order valence-electron chi connectivity index (χ2n) is 4.20. The number of nitrogens with one attached hydrogen (secondary N) is 1. The van der Waals surface area contributed by atoms with Crippen molar-refractivity contribution in [3.05, 3.63) is 34.4 Å². The second kappa shape index (κ2) is 3.66. The highest BCUT2D eigenvalue weighted by atomic mass is 16.4. The van der Waals surface area contributed by atoms with Crippen molar-refractivity contribution in [2.45, 2.75) is 32.9 Å². The first-order chi connectivity index (χ1) is 7.08. The number of aryl methyl sites for hydroxylation is 2. The van der Waals surface area contributed by atoms with E-state index < -0.39 is 12.0 Å². The highest BCUT2D eigenvalue weighted by Crippen LogP contribution is 2.22. The Morgan fingerprint density at radius 2 is 2.20 bits per heavy atom. The van der Waals surface area contributed by atoms with Gasteiger partial charge >= 0.3 is 5.97 Å². The van der Waals surface area contributed by atoms with Gasteiger partial charge in [0, 0.05) is 6.54 Å². The topological polar surface area (TPSA) is 49.3 Å². The molecule has 2 rings (SSSR count). The number of fused-ring (bicyclic) bond motifs is 1. The van der Waals surface area contributed by atoms with Crippen LogP contribution in [0.15, 0.2) is 12.1 Å². The van der Waals surface area contributed by atoms with E-state index in [4.69, 9.17) is 5.11 Å². The van der Waals surface area contributed by atoms with Crippen LogP contribution in [0.1, 0.15) is 22.3 Å². The van der Waals surface area contributed by atoms with Crippen molar-refractivity contribution in [3.8, 4) is 0 Å². The summed E-state index contributed by atoms with van der Waals surface area (Å²) >= 11 is 0. The second-order valence-corrected chi connectivity index (χ2v) is 4.20. The zero-order valence-electron chi connectivity index (χ0n) is 9.00. The van der Waals surface area contributed by atoms with E-state index in [0.29, 0.717) is 13.0 Å². The lowest BCUT2D eigenvalue weighted by molar-refractivity contribution is -0.139. The summed E-state index contributed by atoms with van der Waals surface area (Å²) in [6, 6.07) is 3.81. The van der Waals surface area contributed by atoms with Crippen molar-refractivity contribution < 1.29 is 9.90 Å². The Balaban J connectivity index is 2.37. The van der Waals surface area contributed by atoms with Gasteiger partial charge in [0.15, 0.2) is 0 Å². The first-order valence-corrected chi connectivity index (χ1v) is 5.13. The molecule has 1 aliphatic rings. The number of carbonyl (C=O) groups is 1. The van der Waals surface area contributed by atoms with Gasteiger partial charge in [-0.05, 0) is 37.0 Å². The van der Waals surface area contributed by atoms with Gasteiger partial charge in [0.2, 0.25) is 0 Å². The van der Waals surface area contributed by atoms with E-state index in [1.54, 1.807) is 0 Å². The minimum atomic E-state index is -0.763. The zero-order valence-corrected chi connectivity index (χ0v) is 9.00. The summed E-state index contributed by atoms with van der Waals surface area (Å²) in [5.41, 5.74) is 4.89. The van der Waals surface area contributed by atoms with Gasteiger partial charge in [0.1, 0.15) is 6.04 Å². The molecule has 1 aliphatic heterocycles. The van der Waals surface area contributed by atoms with E-state index in [1.807, 2.05) is 0 Å². The summed E-state index contributed by atoms with van der Waals surface area (Å²) in [5.74, 6) is -0.763. The fourth-order valence-electron chi connectivity index (χ4n) is 2.22. The molecule has 0 saturated heterocycles. The predicted octanol–water partition coefficient (Wildman–Crippen LogP) is 1.40. The van der Waals surface area contributed by atoms with Gasteiger partial charge in [-0.25, -0.2) is 0 Å². The summed E-state index contributed by atoms with van der Waals surface area (Å²) < 4.78 is 0. The zero-order chi connectivity index (χ0) is 11.0. The molecule has 80 valence electrons. The molecule has 3 nitrogen and oxygen atoms in total. The Kier molecular flexibility index (Phi) is 2.49. The monoisotopic (exact) mass is 205 g/mol. The van der Waals surface area contributed by atoms with Gasteiger partial charge in [-0.1, -0.05) is 17.7 Å². The number of carboxylic acids is 1. The van der Waals surface area contributed by atoms with E-state index in [0.717, 1.165) is 0 Å². The summed E-state index contributed by atoms with van der Waals surface area (Å²) in [6.45, 7) is 4.78. The van der Waals surface area contributed by atoms with Gasteiger partial charge < -0.3 is 10.4 Å². The smallest absolute Gasteiger partial charge is 0.321 e. The number of carboxylic acid groups (broad SMARTS) is 1. The van der Waals surface area contributed by atoms with Crippen molar-refractivity contribution in [3.63, 3.8) is 0 Å². The third-order valence-electron chi connectivity index (χ3n) is 2.95. The van der Waals surface area contributed by atoms with Crippen LogP contribution in [0.5, 0.6) is 0 Å². The normalized spacial score (nSPS) is 19.7. The van der Waals surface area contributed by atoms with Gasteiger partial charge in [0.25, 0.3) is 0 Å². The van der Waals surface area contributed by atoms with Crippen LogP contribution >= 0.6 is 0 Å². The molecule has 1 atom stereocenters. The predicted molar refractivity (Wildman–Crippen MR) is 57.9 cm³/mol. The molecule has 1 unspecified atom stereocenters. The summed E-state index contributed by atoms with van der Waals surface area (Å²) in [5, 5.41) is 12.0. The molecule has 0 radical (unpaired) electrons. The molecule has 0 aliphatic carbocycles. The van der Waals surface area contributed by atoms with Crippen LogP contribution in [0, 0.1) is 13.8 Å². The quantitative estimate of drug-likeness (QED) is 0.728. The average Bonchev–Trinajstić information content (AvgIpc) is 2.16. The average molecular weight is 205 g/mol. The van der Waals surface area contributed by atoms with Crippen LogP contribution in [-0.4, -0.2) is 17.1 Å². The van der Waals surface area contributed by atoms with E-state index >= 15 is 0 Å². The van der Waals surface area contributed by atoms with E-state index in [9.17, 15) is 4.79 Å². The van der Waals surface area contributed by atoms with Crippen LogP contribution in [0.4, 0.5) is 0 Å². The van der Waals surface area contributed by atoms with Gasteiger partial charge in [-0.2, -0.15) is 0 Å². The lowest BCUT2D eigenvalue weighted by atomic mass is 9.90. The van der Waals surface area contributed by atoms with E-state index in [2.05, 4.69) is 31.3 Å². The maximum Gasteiger partial charge on any atom is 0.321 e. The first kappa shape index (κ1) is 10.2. The molecule has 0 aromatic heterocycles. The first-order valence-electron chi connectivity index (χ1n) is 5.13. The summed E-state index contributed by atoms with van der Waals surface area (Å²) in [4.78, 5) is 10.9. The Morgan fingerprint density at radius 1 is 1.47 bits per heavy atom. The molecule has 1 aromatic rings. The highest BCUT2D eigenvalue weighted by molar-refractivity contribution is 5.74. The molecule has 1 heterocycles. The standard InChI is InChI=1S/C12H15NO2/c1-7-3-8(2)10-5-11(12(14)15)13-6-9(10)4-7/h3-4,11,13H,5-6H2,1-2H3,(H,14,15). The molecule has 1 aromatic carbocycles. The van der Waals surface area contributed by atoms with Crippen molar-refractivity contribution in [2.24, 2.45) is 0 Å². The largest absolute Gasteiger partial charge is 0.480 e. The van der Waals surface area contributed by atoms with E-state index in [-0.39, 0.29) is 0 Å². The fraction of sp³-hybridized carbons (Fsp3) is 0.417. The lowest BCUT2D eigenvalue weighted by Gasteiger charge is -2.25. The maximum absolute atomic E-state index is 10.9. The molecule has 0 fully saturated rings. The molecule has 0 amide bonds. The molecule has 2 N–H and O–H groups in total. The number of benzene rings is 1. The van der Waals surface area contributed by atoms with Crippen molar-refractivity contribution in [2.75, 3.05) is 0 Å². The molecule has 15 heavy (non-hydrogen) atoms. The Hall–Kier alpha value is -1.35. The Morgan fingerprint density at radius 3 is 2.87 bits per heavy atom. The number of rotatable bonds is 1. The maximum atomic E-state index is 10.9. The van der Waals surface area contributed by atoms with Crippen LogP contribution in [0.3, 0.4) is 0 Å². The van der Waals surface area contributed by atoms with Crippen LogP contribution < -0.4 is 5.32 Å². The molecular formula is C12H15NO2. The third-order valence-corrected chi connectivity index (χ3v) is 2.95. The third kappa shape index (κ3) is 1.88. The van der Waals surface area contributed by atoms with Gasteiger partial charge in [-0.15, -0.1) is 0 Å². The van der Waals surface area contributed by atoms with Crippen molar-refractivity contribution in [1.82, 2.24) is 5.32 Å². The van der Waals surface area contributed by atoms with Crippen molar-refractivity contribution >= 4 is 5.97 Å². The molecule has 3 heteroatoms. The van der Waals surface area contributed by atoms with Crippen LogP contribution in [-0.2, 0) is 17.8 Å². The minimum Gasteiger partial charge on any atom is -0.480 e. The van der Waals surface area contributed by atoms with Gasteiger partial charge in [-0.3, -0.25) is 4.79 Å². The number of hydrogen-bond donors (Lipinski definition) is 2. The number of hydrogen-bond acceptors (Lipinski definition) is 2. The fourth-order valence-corrected chi connectivity index (χ4v) is 2.22. The Bertz CT molecular complexity index is 412. The van der Waals surface area contributed by atoms with E-state index in [1.165, 1.54) is 22.3 Å². The highest BCUT2D eigenvalue weighted by Gasteiger charge is 2.24. The minimum absolute atomic E-state index is 0.432. The number of aliphatic carboxylic acids is 1. The van der Waals surface area contributed by atoms with Crippen molar-refractivity contribution in [1.29, 1.82) is 0 Å². The molecule has 0 bridgehead atoms. The Labute approximate surface area is 89.1 Å². The molecule has 0 spiro atoms. The summed E-state index contributed by atoms with van der Waals surface area (Å²) in [7, 11) is 0. The SMILES string of the molecule is Cc1cc(C)c2c(c1)CNC(C(=O)O)C2. The van der Waals surface area contributed by atoms with Crippen LogP contribution in [0.25, 0.3) is 0 Å². The molecule has 0 saturated carbocycles. The molecular weight excluding hydrogens is 190 g/mol. The lowest BCUT2D eigenvalue weighted by Crippen LogP contribution is -2.41. The van der Waals surface area contributed by atoms with Gasteiger partial charge in [0.05, 0.1) is 0 Å². The summed E-state index contributed by atoms with van der Waals surface area (Å²) in [6.07, 6.45) is 0.594.